The van der Waals surface area contributed by atoms with Crippen LogP contribution in [-0.4, -0.2) is 71.3 Å². The van der Waals surface area contributed by atoms with Gasteiger partial charge in [-0.05, 0) is 18.6 Å². The number of thiazole rings is 1. The van der Waals surface area contributed by atoms with Gasteiger partial charge in [0.2, 0.25) is 0 Å². The molecule has 2 aliphatic rings. The Hall–Kier alpha value is -3.39. The fourth-order valence-electron chi connectivity index (χ4n) is 4.46. The maximum Gasteiger partial charge on any atom is 0.438 e. The first-order valence-corrected chi connectivity index (χ1v) is 13.1. The van der Waals surface area contributed by atoms with Gasteiger partial charge in [0.25, 0.3) is 0 Å². The maximum atomic E-state index is 13.8. The minimum atomic E-state index is -0.827. The van der Waals surface area contributed by atoms with Crippen LogP contribution in [0.4, 0.5) is 4.39 Å². The zero-order valence-electron chi connectivity index (χ0n) is 20.3. The van der Waals surface area contributed by atoms with E-state index in [9.17, 15) is 14.0 Å². The van der Waals surface area contributed by atoms with Gasteiger partial charge in [0, 0.05) is 53.9 Å². The van der Waals surface area contributed by atoms with Crippen molar-refractivity contribution >= 4 is 34.7 Å². The smallest absolute Gasteiger partial charge is 0.438 e. The molecule has 38 heavy (non-hydrogen) atoms. The topological polar surface area (TPSA) is 135 Å². The van der Waals surface area contributed by atoms with Gasteiger partial charge in [-0.15, -0.1) is 11.3 Å². The number of nitrogens with one attached hydrogen (secondary N) is 2. The summed E-state index contributed by atoms with van der Waals surface area (Å²) in [6, 6.07) is 3.17. The van der Waals surface area contributed by atoms with Crippen molar-refractivity contribution in [3.63, 3.8) is 0 Å². The average molecular weight is 563 g/mol. The van der Waals surface area contributed by atoms with Crippen molar-refractivity contribution in [2.75, 3.05) is 33.4 Å². The number of morpholine rings is 1. The Morgan fingerprint density at radius 2 is 2.26 bits per heavy atom. The number of aromatic nitrogens is 3. The van der Waals surface area contributed by atoms with Crippen molar-refractivity contribution in [3.8, 4) is 0 Å². The van der Waals surface area contributed by atoms with Crippen LogP contribution >= 0.6 is 22.9 Å². The molecule has 1 saturated heterocycles. The number of nitrogens with zero attached hydrogens (tertiary/aromatic N) is 4. The van der Waals surface area contributed by atoms with Crippen LogP contribution in [0.2, 0.25) is 5.02 Å². The predicted octanol–water partition coefficient (Wildman–Crippen LogP) is 2.46. The molecule has 3 aromatic rings. The van der Waals surface area contributed by atoms with E-state index in [1.165, 1.54) is 36.6 Å². The van der Waals surface area contributed by atoms with Crippen molar-refractivity contribution in [2.45, 2.75) is 25.0 Å². The highest BCUT2D eigenvalue weighted by molar-refractivity contribution is 7.11. The number of rotatable bonds is 8. The zero-order valence-corrected chi connectivity index (χ0v) is 21.9. The van der Waals surface area contributed by atoms with Crippen molar-refractivity contribution < 1.29 is 23.2 Å². The van der Waals surface area contributed by atoms with Crippen LogP contribution in [0.15, 0.2) is 55.4 Å². The lowest BCUT2D eigenvalue weighted by Crippen LogP contribution is -2.46. The number of esters is 1. The van der Waals surface area contributed by atoms with Crippen LogP contribution in [0.25, 0.3) is 0 Å². The number of aryl methyl sites for hydroxylation is 1. The Labute approximate surface area is 225 Å². The van der Waals surface area contributed by atoms with E-state index in [0.717, 1.165) is 0 Å². The van der Waals surface area contributed by atoms with Gasteiger partial charge in [-0.3, -0.25) is 19.4 Å². The molecule has 0 unspecified atom stereocenters. The number of amidine groups is 1. The SMILES string of the molecule is COC(=O)C1=C(CN2CCO[C@H](CCc3noc(=O)[nH]3)C2)NC(c2nccs2)=N[C@H]1c1ccc(F)cc1Cl. The summed E-state index contributed by atoms with van der Waals surface area (Å²) in [5.74, 6) is -0.712. The molecule has 1 aromatic carbocycles. The monoisotopic (exact) mass is 562 g/mol. The first-order chi connectivity index (χ1) is 18.4. The molecule has 4 heterocycles. The summed E-state index contributed by atoms with van der Waals surface area (Å²) in [5.41, 5.74) is 1.34. The number of halogens is 2. The van der Waals surface area contributed by atoms with Crippen LogP contribution in [0, 0.1) is 5.82 Å². The molecule has 2 aliphatic heterocycles. The Morgan fingerprint density at radius 1 is 1.39 bits per heavy atom. The van der Waals surface area contributed by atoms with Gasteiger partial charge in [-0.2, -0.15) is 0 Å². The second-order valence-corrected chi connectivity index (χ2v) is 10.0. The Morgan fingerprint density at radius 3 is 2.97 bits per heavy atom. The molecule has 1 fully saturated rings. The molecule has 0 bridgehead atoms. The summed E-state index contributed by atoms with van der Waals surface area (Å²) >= 11 is 7.81. The highest BCUT2D eigenvalue weighted by Gasteiger charge is 2.35. The highest BCUT2D eigenvalue weighted by atomic mass is 35.5. The number of aromatic amines is 1. The first kappa shape index (κ1) is 26.2. The summed E-state index contributed by atoms with van der Waals surface area (Å²) in [6.07, 6.45) is 2.65. The fraction of sp³-hybridized carbons (Fsp3) is 0.375. The molecular formula is C24H24ClFN6O5S. The molecule has 0 spiro atoms. The minimum Gasteiger partial charge on any atom is -0.466 e. The number of methoxy groups -OCH3 is 1. The van der Waals surface area contributed by atoms with Crippen LogP contribution in [0.5, 0.6) is 0 Å². The van der Waals surface area contributed by atoms with Gasteiger partial charge in [0.1, 0.15) is 11.9 Å². The van der Waals surface area contributed by atoms with Gasteiger partial charge in [0.05, 0.1) is 25.4 Å². The van der Waals surface area contributed by atoms with E-state index in [-0.39, 0.29) is 16.7 Å². The number of aliphatic imine (C=N–C) groups is 1. The number of H-pyrrole nitrogens is 1. The average Bonchev–Trinajstić information content (AvgIpc) is 3.59. The third-order valence-electron chi connectivity index (χ3n) is 6.22. The van der Waals surface area contributed by atoms with E-state index < -0.39 is 23.6 Å². The van der Waals surface area contributed by atoms with Crippen molar-refractivity contribution in [1.82, 2.24) is 25.3 Å². The molecule has 2 atom stereocenters. The summed E-state index contributed by atoms with van der Waals surface area (Å²) in [6.45, 7) is 2.06. The predicted molar refractivity (Wildman–Crippen MR) is 137 cm³/mol. The lowest BCUT2D eigenvalue weighted by Gasteiger charge is -2.35. The van der Waals surface area contributed by atoms with Crippen molar-refractivity contribution in [3.05, 3.63) is 78.8 Å². The van der Waals surface area contributed by atoms with Crippen LogP contribution < -0.4 is 11.1 Å². The quantitative estimate of drug-likeness (QED) is 0.397. The lowest BCUT2D eigenvalue weighted by atomic mass is 9.95. The summed E-state index contributed by atoms with van der Waals surface area (Å²) in [7, 11) is 1.30. The van der Waals surface area contributed by atoms with Gasteiger partial charge < -0.3 is 14.8 Å². The van der Waals surface area contributed by atoms with E-state index >= 15 is 0 Å². The molecule has 0 saturated carbocycles. The van der Waals surface area contributed by atoms with Crippen LogP contribution in [0.1, 0.15) is 28.9 Å². The molecule has 2 N–H and O–H groups in total. The number of carbonyl (C=O) groups excluding carboxylic acids is 1. The van der Waals surface area contributed by atoms with Crippen molar-refractivity contribution in [2.24, 2.45) is 4.99 Å². The summed E-state index contributed by atoms with van der Waals surface area (Å²) in [5, 5.41) is 9.60. The van der Waals surface area contributed by atoms with Crippen molar-refractivity contribution in [1.29, 1.82) is 0 Å². The van der Waals surface area contributed by atoms with E-state index in [0.29, 0.717) is 67.0 Å². The summed E-state index contributed by atoms with van der Waals surface area (Å²) < 4.78 is 29.4. The van der Waals surface area contributed by atoms with Crippen LogP contribution in [-0.2, 0) is 20.7 Å². The number of hydrogen-bond donors (Lipinski definition) is 2. The minimum absolute atomic E-state index is 0.121. The molecule has 200 valence electrons. The number of hydrogen-bond acceptors (Lipinski definition) is 11. The number of ether oxygens (including phenoxy) is 2. The van der Waals surface area contributed by atoms with Gasteiger partial charge in [0.15, 0.2) is 16.7 Å². The Balaban J connectivity index is 1.43. The zero-order chi connectivity index (χ0) is 26.6. The molecule has 0 radical (unpaired) electrons. The number of carbonyl (C=O) groups is 1. The normalized spacial score (nSPS) is 20.2. The second-order valence-electron chi connectivity index (χ2n) is 8.70. The van der Waals surface area contributed by atoms with Crippen LogP contribution in [0.3, 0.4) is 0 Å². The second kappa shape index (κ2) is 11.6. The molecule has 0 aliphatic carbocycles. The molecule has 14 heteroatoms. The van der Waals surface area contributed by atoms with Gasteiger partial charge in [-0.25, -0.2) is 19.0 Å². The highest BCUT2D eigenvalue weighted by Crippen LogP contribution is 2.37. The summed E-state index contributed by atoms with van der Waals surface area (Å²) in [4.78, 5) is 38.1. The molecule has 11 nitrogen and oxygen atoms in total. The number of benzene rings is 1. The first-order valence-electron chi connectivity index (χ1n) is 11.8. The van der Waals surface area contributed by atoms with E-state index in [2.05, 4.69) is 29.9 Å². The maximum absolute atomic E-state index is 13.8. The third kappa shape index (κ3) is 5.85. The fourth-order valence-corrected chi connectivity index (χ4v) is 5.31. The lowest BCUT2D eigenvalue weighted by molar-refractivity contribution is -0.136. The Bertz CT molecular complexity index is 1420. The van der Waals surface area contributed by atoms with Gasteiger partial charge in [-0.1, -0.05) is 22.8 Å². The molecule has 5 rings (SSSR count). The standard InChI is InChI=1S/C24H24ClFN6O5S/c1-35-23(33)19-17(12-32-7-8-36-14(11-32)3-5-18-29-24(34)37-31-18)28-21(22-27-6-9-38-22)30-20(19)15-4-2-13(26)10-16(15)25/h2,4,6,9-10,14,20H,3,5,7-8,11-12H2,1H3,(H,28,30)(H,29,31,34)/t14-,20+/m1/s1. The Kier molecular flexibility index (Phi) is 7.98. The van der Waals surface area contributed by atoms with E-state index in [4.69, 9.17) is 26.1 Å². The van der Waals surface area contributed by atoms with Gasteiger partial charge >= 0.3 is 11.7 Å². The molecular weight excluding hydrogens is 539 g/mol. The van der Waals surface area contributed by atoms with E-state index in [1.54, 1.807) is 6.20 Å². The van der Waals surface area contributed by atoms with E-state index in [1.807, 2.05) is 5.38 Å². The third-order valence-corrected chi connectivity index (χ3v) is 7.32. The molecule has 0 amide bonds. The molecule has 2 aromatic heterocycles. The largest absolute Gasteiger partial charge is 0.466 e.